The van der Waals surface area contributed by atoms with Crippen LogP contribution in [0.15, 0.2) is 18.2 Å². The van der Waals surface area contributed by atoms with Gasteiger partial charge in [-0.1, -0.05) is 0 Å². The van der Waals surface area contributed by atoms with Gasteiger partial charge < -0.3 is 5.11 Å². The number of rotatable bonds is 3. The van der Waals surface area contributed by atoms with Gasteiger partial charge in [0.25, 0.3) is 5.69 Å². The van der Waals surface area contributed by atoms with Crippen molar-refractivity contribution in [3.8, 4) is 6.07 Å². The third-order valence-corrected chi connectivity index (χ3v) is 2.11. The standard InChI is InChI=1S/C11H8N2O4/c1-7-4-9(6-12)10(13(16)17)5-8(7)2-3-11(14)15/h2-5H,1H3,(H,14,15)/b3-2+. The van der Waals surface area contributed by atoms with Gasteiger partial charge in [0.1, 0.15) is 11.6 Å². The molecule has 17 heavy (non-hydrogen) atoms. The number of nitro groups is 1. The van der Waals surface area contributed by atoms with Gasteiger partial charge in [0.05, 0.1) is 4.92 Å². The van der Waals surface area contributed by atoms with Crippen LogP contribution in [0.25, 0.3) is 6.08 Å². The van der Waals surface area contributed by atoms with Crippen LogP contribution in [0.3, 0.4) is 0 Å². The number of nitrogens with zero attached hydrogens (tertiary/aromatic N) is 2. The number of hydrogen-bond donors (Lipinski definition) is 1. The second-order valence-electron chi connectivity index (χ2n) is 3.27. The minimum Gasteiger partial charge on any atom is -0.478 e. The van der Waals surface area contributed by atoms with Gasteiger partial charge in [-0.05, 0) is 30.2 Å². The Kier molecular flexibility index (Phi) is 3.57. The van der Waals surface area contributed by atoms with Crippen LogP contribution < -0.4 is 0 Å². The predicted octanol–water partition coefficient (Wildman–Crippen LogP) is 1.87. The van der Waals surface area contributed by atoms with Crippen LogP contribution in [-0.4, -0.2) is 16.0 Å². The molecule has 1 aromatic carbocycles. The summed E-state index contributed by atoms with van der Waals surface area (Å²) in [6.45, 7) is 1.64. The summed E-state index contributed by atoms with van der Waals surface area (Å²) in [4.78, 5) is 20.4. The third kappa shape index (κ3) is 2.89. The van der Waals surface area contributed by atoms with Gasteiger partial charge in [-0.15, -0.1) is 0 Å². The van der Waals surface area contributed by atoms with Crippen molar-refractivity contribution in [3.05, 3.63) is 45.0 Å². The van der Waals surface area contributed by atoms with Crippen LogP contribution in [0.5, 0.6) is 0 Å². The number of benzene rings is 1. The maximum absolute atomic E-state index is 10.7. The summed E-state index contributed by atoms with van der Waals surface area (Å²) in [5, 5.41) is 27.9. The summed E-state index contributed by atoms with van der Waals surface area (Å²) >= 11 is 0. The van der Waals surface area contributed by atoms with Crippen LogP contribution >= 0.6 is 0 Å². The highest BCUT2D eigenvalue weighted by molar-refractivity contribution is 5.85. The van der Waals surface area contributed by atoms with Crippen LogP contribution in [0.2, 0.25) is 0 Å². The van der Waals surface area contributed by atoms with E-state index in [1.807, 2.05) is 0 Å². The highest BCUT2D eigenvalue weighted by Gasteiger charge is 2.15. The number of hydrogen-bond acceptors (Lipinski definition) is 4. The van der Waals surface area contributed by atoms with Gasteiger partial charge in [-0.25, -0.2) is 4.79 Å². The number of nitro benzene ring substituents is 1. The Balaban J connectivity index is 3.35. The molecule has 0 atom stereocenters. The van der Waals surface area contributed by atoms with Gasteiger partial charge in [0, 0.05) is 12.1 Å². The Morgan fingerprint density at radius 1 is 1.59 bits per heavy atom. The van der Waals surface area contributed by atoms with Gasteiger partial charge in [-0.2, -0.15) is 5.26 Å². The van der Waals surface area contributed by atoms with Gasteiger partial charge >= 0.3 is 5.97 Å². The molecule has 0 bridgehead atoms. The van der Waals surface area contributed by atoms with E-state index < -0.39 is 10.9 Å². The Morgan fingerprint density at radius 2 is 2.24 bits per heavy atom. The van der Waals surface area contributed by atoms with Crippen LogP contribution in [0, 0.1) is 28.4 Å². The molecular weight excluding hydrogens is 224 g/mol. The lowest BCUT2D eigenvalue weighted by Gasteiger charge is -2.01. The molecule has 0 spiro atoms. The number of aryl methyl sites for hydroxylation is 1. The molecule has 0 saturated heterocycles. The molecule has 0 heterocycles. The van der Waals surface area contributed by atoms with Crippen molar-refractivity contribution in [2.24, 2.45) is 0 Å². The number of carboxylic acids is 1. The Hall–Kier alpha value is -2.68. The number of aliphatic carboxylic acids is 1. The van der Waals surface area contributed by atoms with Gasteiger partial charge in [-0.3, -0.25) is 10.1 Å². The first-order valence-electron chi connectivity index (χ1n) is 4.56. The molecular formula is C11H8N2O4. The molecule has 6 heteroatoms. The average Bonchev–Trinajstić information content (AvgIpc) is 2.26. The number of nitriles is 1. The molecule has 0 aliphatic rings. The SMILES string of the molecule is Cc1cc(C#N)c([N+](=O)[O-])cc1/C=C/C(=O)O. The van der Waals surface area contributed by atoms with E-state index in [2.05, 4.69) is 0 Å². The highest BCUT2D eigenvalue weighted by Crippen LogP contribution is 2.23. The fourth-order valence-corrected chi connectivity index (χ4v) is 1.29. The lowest BCUT2D eigenvalue weighted by Crippen LogP contribution is -1.95. The Labute approximate surface area is 96.6 Å². The minimum atomic E-state index is -1.14. The molecule has 6 nitrogen and oxygen atoms in total. The largest absolute Gasteiger partial charge is 0.478 e. The van der Waals surface area contributed by atoms with E-state index in [1.165, 1.54) is 18.2 Å². The van der Waals surface area contributed by atoms with Crippen LogP contribution in [0.1, 0.15) is 16.7 Å². The molecule has 86 valence electrons. The second kappa shape index (κ2) is 4.90. The zero-order valence-corrected chi connectivity index (χ0v) is 8.88. The number of carbonyl (C=O) groups is 1. The average molecular weight is 232 g/mol. The summed E-state index contributed by atoms with van der Waals surface area (Å²) in [6, 6.07) is 4.28. The van der Waals surface area contributed by atoms with Gasteiger partial charge in [0.2, 0.25) is 0 Å². The molecule has 1 N–H and O–H groups in total. The van der Waals surface area contributed by atoms with E-state index in [4.69, 9.17) is 10.4 Å². The minimum absolute atomic E-state index is 0.0417. The molecule has 0 aliphatic carbocycles. The third-order valence-electron chi connectivity index (χ3n) is 2.11. The smallest absolute Gasteiger partial charge is 0.328 e. The van der Waals surface area contributed by atoms with Gasteiger partial charge in [0.15, 0.2) is 0 Å². The molecule has 1 rings (SSSR count). The summed E-state index contributed by atoms with van der Waals surface area (Å²) in [7, 11) is 0. The van der Waals surface area contributed by atoms with E-state index >= 15 is 0 Å². The highest BCUT2D eigenvalue weighted by atomic mass is 16.6. The van der Waals surface area contributed by atoms with Crippen molar-refractivity contribution < 1.29 is 14.8 Å². The monoisotopic (exact) mass is 232 g/mol. The van der Waals surface area contributed by atoms with Crippen LogP contribution in [0.4, 0.5) is 5.69 Å². The first-order chi connectivity index (χ1) is 7.95. The summed E-state index contributed by atoms with van der Waals surface area (Å²) in [5.41, 5.74) is 0.630. The van der Waals surface area contributed by atoms with Crippen LogP contribution in [-0.2, 0) is 4.79 Å². The first kappa shape index (κ1) is 12.4. The Morgan fingerprint density at radius 3 is 2.71 bits per heavy atom. The molecule has 0 fully saturated rings. The van der Waals surface area contributed by atoms with E-state index in [9.17, 15) is 14.9 Å². The van der Waals surface area contributed by atoms with Crippen molar-refractivity contribution >= 4 is 17.7 Å². The molecule has 0 radical (unpaired) electrons. The normalized spacial score (nSPS) is 10.1. The second-order valence-corrected chi connectivity index (χ2v) is 3.27. The van der Waals surface area contributed by atoms with Crippen molar-refractivity contribution in [2.75, 3.05) is 0 Å². The zero-order chi connectivity index (χ0) is 13.0. The van der Waals surface area contributed by atoms with Crippen molar-refractivity contribution in [1.29, 1.82) is 5.26 Å². The lowest BCUT2D eigenvalue weighted by atomic mass is 10.0. The van der Waals surface area contributed by atoms with E-state index in [-0.39, 0.29) is 11.3 Å². The fourth-order valence-electron chi connectivity index (χ4n) is 1.29. The maximum atomic E-state index is 10.7. The molecule has 0 aromatic heterocycles. The predicted molar refractivity (Wildman–Crippen MR) is 59.2 cm³/mol. The summed E-state index contributed by atoms with van der Waals surface area (Å²) < 4.78 is 0. The quantitative estimate of drug-likeness (QED) is 0.486. The fraction of sp³-hybridized carbons (Fsp3) is 0.0909. The summed E-state index contributed by atoms with van der Waals surface area (Å²) in [5.74, 6) is -1.14. The van der Waals surface area contributed by atoms with E-state index in [0.717, 1.165) is 6.08 Å². The first-order valence-corrected chi connectivity index (χ1v) is 4.56. The van der Waals surface area contributed by atoms with Crippen molar-refractivity contribution in [3.63, 3.8) is 0 Å². The molecule has 0 saturated carbocycles. The van der Waals surface area contributed by atoms with E-state index in [0.29, 0.717) is 11.1 Å². The zero-order valence-electron chi connectivity index (χ0n) is 8.88. The van der Waals surface area contributed by atoms with E-state index in [1.54, 1.807) is 13.0 Å². The molecule has 0 aliphatic heterocycles. The lowest BCUT2D eigenvalue weighted by molar-refractivity contribution is -0.385. The summed E-state index contributed by atoms with van der Waals surface area (Å²) in [6.07, 6.45) is 2.14. The molecule has 0 unspecified atom stereocenters. The number of carboxylic acid groups (broad SMARTS) is 1. The van der Waals surface area contributed by atoms with Crippen molar-refractivity contribution in [2.45, 2.75) is 6.92 Å². The molecule has 0 amide bonds. The topological polar surface area (TPSA) is 104 Å². The Bertz CT molecular complexity index is 555. The molecule has 1 aromatic rings. The van der Waals surface area contributed by atoms with Crippen molar-refractivity contribution in [1.82, 2.24) is 0 Å². The maximum Gasteiger partial charge on any atom is 0.328 e.